The first-order valence-corrected chi connectivity index (χ1v) is 1.79. The molecule has 0 aliphatic heterocycles. The van der Waals surface area contributed by atoms with Gasteiger partial charge in [-0.2, -0.15) is 5.26 Å². The van der Waals surface area contributed by atoms with Crippen LogP contribution >= 0.6 is 0 Å². The topological polar surface area (TPSA) is 70.4 Å². The molecule has 0 radical (unpaired) electrons. The van der Waals surface area contributed by atoms with Gasteiger partial charge in [0, 0.05) is 0 Å². The average Bonchev–Trinajstić information content (AvgIpc) is 1.84. The predicted octanol–water partition coefficient (Wildman–Crippen LogP) is 0.208. The molecule has 0 atom stereocenters. The van der Waals surface area contributed by atoms with Crippen molar-refractivity contribution in [3.8, 4) is 0 Å². The van der Waals surface area contributed by atoms with E-state index in [9.17, 15) is 4.79 Å². The van der Waals surface area contributed by atoms with Gasteiger partial charge in [0.05, 0.1) is 0 Å². The van der Waals surface area contributed by atoms with Crippen molar-refractivity contribution in [1.29, 1.82) is 5.41 Å². The SMILES string of the molecule is C=CC(=N)C(=O)OO. The van der Waals surface area contributed by atoms with E-state index in [4.69, 9.17) is 10.7 Å². The first-order valence-electron chi connectivity index (χ1n) is 1.79. The quantitative estimate of drug-likeness (QED) is 0.307. The molecule has 0 saturated heterocycles. The molecule has 0 bridgehead atoms. The van der Waals surface area contributed by atoms with Crippen LogP contribution in [0.25, 0.3) is 0 Å². The Morgan fingerprint density at radius 2 is 2.38 bits per heavy atom. The van der Waals surface area contributed by atoms with Crippen molar-refractivity contribution < 1.29 is 14.9 Å². The van der Waals surface area contributed by atoms with Crippen molar-refractivity contribution in [3.05, 3.63) is 12.7 Å². The van der Waals surface area contributed by atoms with E-state index in [1.54, 1.807) is 0 Å². The summed E-state index contributed by atoms with van der Waals surface area (Å²) in [4.78, 5) is 13.1. The third kappa shape index (κ3) is 1.53. The summed E-state index contributed by atoms with van der Waals surface area (Å²) in [6.45, 7) is 3.09. The maximum absolute atomic E-state index is 9.97. The highest BCUT2D eigenvalue weighted by Gasteiger charge is 2.03. The van der Waals surface area contributed by atoms with Gasteiger partial charge in [0.1, 0.15) is 5.71 Å². The molecule has 0 aliphatic rings. The Morgan fingerprint density at radius 3 is 2.50 bits per heavy atom. The number of hydrogen-bond donors (Lipinski definition) is 2. The summed E-state index contributed by atoms with van der Waals surface area (Å²) in [5.74, 6) is -1.10. The molecule has 0 aromatic carbocycles. The average molecular weight is 115 g/mol. The molecule has 0 spiro atoms. The van der Waals surface area contributed by atoms with E-state index in [0.717, 1.165) is 6.08 Å². The second kappa shape index (κ2) is 2.92. The molecule has 44 valence electrons. The monoisotopic (exact) mass is 115 g/mol. The molecule has 0 heterocycles. The molecule has 0 aromatic rings. The summed E-state index contributed by atoms with van der Waals surface area (Å²) in [6.07, 6.45) is 0.971. The smallest absolute Gasteiger partial charge is 0.294 e. The molecular formula is C4H5NO3. The van der Waals surface area contributed by atoms with Gasteiger partial charge in [-0.25, -0.2) is 4.79 Å². The molecule has 0 unspecified atom stereocenters. The van der Waals surface area contributed by atoms with Crippen molar-refractivity contribution in [2.45, 2.75) is 0 Å². The molecule has 0 saturated carbocycles. The highest BCUT2D eigenvalue weighted by Crippen LogP contribution is 1.76. The van der Waals surface area contributed by atoms with E-state index in [2.05, 4.69) is 11.5 Å². The molecule has 0 aromatic heterocycles. The first kappa shape index (κ1) is 6.84. The lowest BCUT2D eigenvalue weighted by atomic mass is 10.4. The van der Waals surface area contributed by atoms with Crippen LogP contribution in [0, 0.1) is 5.41 Å². The molecule has 2 N–H and O–H groups in total. The Morgan fingerprint density at radius 1 is 1.88 bits per heavy atom. The lowest BCUT2D eigenvalue weighted by molar-refractivity contribution is -0.225. The van der Waals surface area contributed by atoms with Crippen LogP contribution in [0.15, 0.2) is 12.7 Å². The molecular weight excluding hydrogens is 110 g/mol. The lowest BCUT2D eigenvalue weighted by Gasteiger charge is -1.87. The van der Waals surface area contributed by atoms with Crippen molar-refractivity contribution >= 4 is 11.7 Å². The van der Waals surface area contributed by atoms with Crippen LogP contribution < -0.4 is 0 Å². The van der Waals surface area contributed by atoms with Crippen molar-refractivity contribution in [3.63, 3.8) is 0 Å². The number of rotatable bonds is 2. The van der Waals surface area contributed by atoms with Gasteiger partial charge in [-0.3, -0.25) is 10.3 Å². The fourth-order valence-corrected chi connectivity index (χ4v) is 0.133. The molecule has 0 rings (SSSR count). The van der Waals surface area contributed by atoms with Crippen LogP contribution in [0.4, 0.5) is 0 Å². The number of carbonyl (C=O) groups is 1. The van der Waals surface area contributed by atoms with Gasteiger partial charge in [-0.15, -0.1) is 0 Å². The van der Waals surface area contributed by atoms with Gasteiger partial charge in [-0.1, -0.05) is 6.58 Å². The van der Waals surface area contributed by atoms with Gasteiger partial charge in [0.2, 0.25) is 0 Å². The van der Waals surface area contributed by atoms with Crippen LogP contribution in [0.3, 0.4) is 0 Å². The molecule has 0 amide bonds. The summed E-state index contributed by atoms with van der Waals surface area (Å²) in [7, 11) is 0. The van der Waals surface area contributed by atoms with Crippen LogP contribution in [0.1, 0.15) is 0 Å². The first-order chi connectivity index (χ1) is 3.72. The summed E-state index contributed by atoms with van der Waals surface area (Å²) >= 11 is 0. The maximum atomic E-state index is 9.97. The lowest BCUT2D eigenvalue weighted by Crippen LogP contribution is -2.11. The second-order valence-electron chi connectivity index (χ2n) is 0.997. The van der Waals surface area contributed by atoms with Gasteiger partial charge >= 0.3 is 5.97 Å². The highest BCUT2D eigenvalue weighted by molar-refractivity contribution is 6.39. The summed E-state index contributed by atoms with van der Waals surface area (Å²) in [5, 5.41) is 14.2. The van der Waals surface area contributed by atoms with Crippen LogP contribution in [-0.4, -0.2) is 16.9 Å². The summed E-state index contributed by atoms with van der Waals surface area (Å²) < 4.78 is 0. The number of nitrogens with one attached hydrogen (secondary N) is 1. The second-order valence-corrected chi connectivity index (χ2v) is 0.997. The van der Waals surface area contributed by atoms with Gasteiger partial charge < -0.3 is 0 Å². The largest absolute Gasteiger partial charge is 0.390 e. The summed E-state index contributed by atoms with van der Waals surface area (Å²) in [5.41, 5.74) is -0.465. The van der Waals surface area contributed by atoms with Gasteiger partial charge in [0.15, 0.2) is 0 Å². The van der Waals surface area contributed by atoms with Gasteiger partial charge in [-0.05, 0) is 6.08 Å². The zero-order valence-electron chi connectivity index (χ0n) is 4.05. The molecule has 4 nitrogen and oxygen atoms in total. The third-order valence-corrected chi connectivity index (χ3v) is 0.507. The summed E-state index contributed by atoms with van der Waals surface area (Å²) in [6, 6.07) is 0. The van der Waals surface area contributed by atoms with E-state index < -0.39 is 11.7 Å². The van der Waals surface area contributed by atoms with Crippen LogP contribution in [0.5, 0.6) is 0 Å². The molecule has 0 fully saturated rings. The number of hydrogen-bond acceptors (Lipinski definition) is 4. The Labute approximate surface area is 45.8 Å². The minimum absolute atomic E-state index is 0.465. The fourth-order valence-electron chi connectivity index (χ4n) is 0.133. The predicted molar refractivity (Wildman–Crippen MR) is 26.6 cm³/mol. The van der Waals surface area contributed by atoms with E-state index in [1.807, 2.05) is 0 Å². The van der Waals surface area contributed by atoms with Crippen molar-refractivity contribution in [2.24, 2.45) is 0 Å². The van der Waals surface area contributed by atoms with E-state index in [0.29, 0.717) is 0 Å². The van der Waals surface area contributed by atoms with E-state index in [1.165, 1.54) is 0 Å². The fraction of sp³-hybridized carbons (Fsp3) is 0. The Balaban J connectivity index is 3.82. The van der Waals surface area contributed by atoms with Gasteiger partial charge in [0.25, 0.3) is 0 Å². The normalized spacial score (nSPS) is 7.62. The number of carbonyl (C=O) groups excluding carboxylic acids is 1. The molecule has 8 heavy (non-hydrogen) atoms. The van der Waals surface area contributed by atoms with E-state index in [-0.39, 0.29) is 0 Å². The minimum Gasteiger partial charge on any atom is -0.294 e. The minimum atomic E-state index is -1.10. The van der Waals surface area contributed by atoms with Crippen LogP contribution in [0.2, 0.25) is 0 Å². The third-order valence-electron chi connectivity index (χ3n) is 0.507. The Bertz CT molecular complexity index is 129. The highest BCUT2D eigenvalue weighted by atomic mass is 17.1. The van der Waals surface area contributed by atoms with Crippen LogP contribution in [-0.2, 0) is 9.68 Å². The zero-order valence-corrected chi connectivity index (χ0v) is 4.05. The molecule has 4 heteroatoms. The Kier molecular flexibility index (Phi) is 2.50. The van der Waals surface area contributed by atoms with Crippen molar-refractivity contribution in [2.75, 3.05) is 0 Å². The zero-order chi connectivity index (χ0) is 6.57. The Hall–Kier alpha value is -1.16. The molecule has 0 aliphatic carbocycles. The van der Waals surface area contributed by atoms with Crippen molar-refractivity contribution in [1.82, 2.24) is 0 Å². The van der Waals surface area contributed by atoms with E-state index >= 15 is 0 Å². The standard InChI is InChI=1S/C4H5NO3/c1-2-3(5)4(6)8-7/h2,5,7H,1H2. The maximum Gasteiger partial charge on any atom is 0.390 e.